The van der Waals surface area contributed by atoms with Crippen molar-refractivity contribution in [1.82, 2.24) is 5.32 Å². The summed E-state index contributed by atoms with van der Waals surface area (Å²) in [6.45, 7) is 0.399. The molecular weight excluding hydrogens is 401 g/mol. The van der Waals surface area contributed by atoms with Gasteiger partial charge in [-0.3, -0.25) is 9.59 Å². The van der Waals surface area contributed by atoms with Crippen molar-refractivity contribution in [2.45, 2.75) is 12.5 Å². The lowest BCUT2D eigenvalue weighted by Crippen LogP contribution is -2.38. The molecule has 1 aliphatic heterocycles. The van der Waals surface area contributed by atoms with Crippen molar-refractivity contribution in [2.75, 3.05) is 11.4 Å². The molecule has 0 radical (unpaired) electrons. The molecule has 0 aromatic heterocycles. The van der Waals surface area contributed by atoms with Crippen LogP contribution in [-0.4, -0.2) is 18.4 Å². The third-order valence-electron chi connectivity index (χ3n) is 4.30. The molecule has 3 rings (SSSR count). The molecule has 7 heteroatoms. The van der Waals surface area contributed by atoms with E-state index in [4.69, 9.17) is 0 Å². The van der Waals surface area contributed by atoms with Gasteiger partial charge in [0.1, 0.15) is 17.8 Å². The van der Waals surface area contributed by atoms with Crippen molar-refractivity contribution in [3.8, 4) is 6.07 Å². The number of carbonyl (C=O) groups is 2. The zero-order valence-electron chi connectivity index (χ0n) is 13.7. The summed E-state index contributed by atoms with van der Waals surface area (Å²) in [5, 5.41) is 11.8. The van der Waals surface area contributed by atoms with Crippen molar-refractivity contribution in [1.29, 1.82) is 5.26 Å². The average Bonchev–Trinajstić information content (AvgIpc) is 3.02. The second kappa shape index (κ2) is 7.67. The maximum atomic E-state index is 13.9. The number of nitriles is 1. The smallest absolute Gasteiger partial charge is 0.239 e. The number of para-hydroxylation sites is 1. The van der Waals surface area contributed by atoms with Crippen molar-refractivity contribution >= 4 is 33.4 Å². The van der Waals surface area contributed by atoms with Crippen LogP contribution in [0.3, 0.4) is 0 Å². The van der Waals surface area contributed by atoms with Crippen LogP contribution in [0, 0.1) is 23.1 Å². The Morgan fingerprint density at radius 2 is 1.96 bits per heavy atom. The summed E-state index contributed by atoms with van der Waals surface area (Å²) in [6, 6.07) is 13.7. The van der Waals surface area contributed by atoms with Gasteiger partial charge < -0.3 is 10.2 Å². The number of nitrogens with zero attached hydrogens (tertiary/aromatic N) is 2. The van der Waals surface area contributed by atoms with E-state index in [1.54, 1.807) is 17.0 Å². The highest BCUT2D eigenvalue weighted by Gasteiger charge is 2.39. The molecule has 2 amide bonds. The van der Waals surface area contributed by atoms with Gasteiger partial charge in [0, 0.05) is 16.6 Å². The molecule has 0 aliphatic carbocycles. The van der Waals surface area contributed by atoms with E-state index in [2.05, 4.69) is 21.2 Å². The van der Waals surface area contributed by atoms with Crippen LogP contribution in [0.25, 0.3) is 0 Å². The van der Waals surface area contributed by atoms with Gasteiger partial charge in [0.2, 0.25) is 11.8 Å². The molecule has 5 nitrogen and oxygen atoms in total. The minimum atomic E-state index is -1.14. The number of halogens is 2. The van der Waals surface area contributed by atoms with E-state index in [0.717, 1.165) is 4.47 Å². The van der Waals surface area contributed by atoms with Crippen LogP contribution in [0.1, 0.15) is 18.0 Å². The fraction of sp³-hybridized carbons (Fsp3) is 0.211. The summed E-state index contributed by atoms with van der Waals surface area (Å²) >= 11 is 3.40. The molecule has 26 heavy (non-hydrogen) atoms. The molecule has 0 spiro atoms. The Balaban J connectivity index is 1.75. The van der Waals surface area contributed by atoms with Gasteiger partial charge in [0.05, 0.1) is 11.8 Å². The van der Waals surface area contributed by atoms with Gasteiger partial charge in [-0.25, -0.2) is 4.39 Å². The second-order valence-corrected chi connectivity index (χ2v) is 6.73. The molecule has 2 atom stereocenters. The Bertz CT molecular complexity index is 896. The molecule has 2 aromatic rings. The molecule has 2 unspecified atom stereocenters. The fourth-order valence-electron chi connectivity index (χ4n) is 2.96. The van der Waals surface area contributed by atoms with E-state index in [0.29, 0.717) is 18.7 Å². The summed E-state index contributed by atoms with van der Waals surface area (Å²) in [6.07, 6.45) is 0.335. The van der Waals surface area contributed by atoms with Gasteiger partial charge in [0.25, 0.3) is 0 Å². The Hall–Kier alpha value is -2.72. The lowest BCUT2D eigenvalue weighted by Gasteiger charge is -2.19. The molecule has 132 valence electrons. The third-order valence-corrected chi connectivity index (χ3v) is 4.97. The summed E-state index contributed by atoms with van der Waals surface area (Å²) in [4.78, 5) is 26.7. The highest BCUT2D eigenvalue weighted by atomic mass is 79.9. The number of benzene rings is 2. The largest absolute Gasteiger partial charge is 0.336 e. The molecule has 1 N–H and O–H groups in total. The van der Waals surface area contributed by atoms with E-state index in [1.807, 2.05) is 24.3 Å². The summed E-state index contributed by atoms with van der Waals surface area (Å²) in [5.41, 5.74) is 0.773. The van der Waals surface area contributed by atoms with Gasteiger partial charge in [-0.1, -0.05) is 30.3 Å². The van der Waals surface area contributed by atoms with Crippen molar-refractivity contribution in [3.05, 3.63) is 64.4 Å². The minimum absolute atomic E-state index is 0.0801. The molecule has 1 aliphatic rings. The SMILES string of the molecule is N#CC(NC(=O)C1CCN(c2ccccc2Br)C1=O)c1ccccc1F. The van der Waals surface area contributed by atoms with E-state index >= 15 is 0 Å². The number of rotatable bonds is 4. The van der Waals surface area contributed by atoms with Crippen LogP contribution in [0.15, 0.2) is 53.0 Å². The first kappa shape index (κ1) is 18.1. The first-order chi connectivity index (χ1) is 12.5. The maximum absolute atomic E-state index is 13.9. The summed E-state index contributed by atoms with van der Waals surface area (Å²) in [7, 11) is 0. The van der Waals surface area contributed by atoms with E-state index < -0.39 is 23.7 Å². The minimum Gasteiger partial charge on any atom is -0.336 e. The van der Waals surface area contributed by atoms with Crippen molar-refractivity contribution in [2.24, 2.45) is 5.92 Å². The first-order valence-electron chi connectivity index (χ1n) is 8.03. The van der Waals surface area contributed by atoms with Gasteiger partial charge in [-0.15, -0.1) is 0 Å². The van der Waals surface area contributed by atoms with Crippen LogP contribution in [0.4, 0.5) is 10.1 Å². The zero-order chi connectivity index (χ0) is 18.7. The topological polar surface area (TPSA) is 73.2 Å². The fourth-order valence-corrected chi connectivity index (χ4v) is 3.46. The number of hydrogen-bond donors (Lipinski definition) is 1. The number of nitrogens with one attached hydrogen (secondary N) is 1. The lowest BCUT2D eigenvalue weighted by molar-refractivity contribution is -0.132. The molecule has 2 aromatic carbocycles. The molecule has 1 heterocycles. The Kier molecular flexibility index (Phi) is 5.33. The van der Waals surface area contributed by atoms with E-state index in [-0.39, 0.29) is 11.5 Å². The second-order valence-electron chi connectivity index (χ2n) is 5.87. The van der Waals surface area contributed by atoms with Gasteiger partial charge in [-0.2, -0.15) is 5.26 Å². The molecule has 0 bridgehead atoms. The zero-order valence-corrected chi connectivity index (χ0v) is 15.2. The number of hydrogen-bond acceptors (Lipinski definition) is 3. The summed E-state index contributed by atoms with van der Waals surface area (Å²) < 4.78 is 14.6. The van der Waals surface area contributed by atoms with Gasteiger partial charge in [-0.05, 0) is 40.5 Å². The Labute approximate surface area is 158 Å². The predicted octanol–water partition coefficient (Wildman–Crippen LogP) is 3.32. The first-order valence-corrected chi connectivity index (χ1v) is 8.82. The Morgan fingerprint density at radius 1 is 1.27 bits per heavy atom. The monoisotopic (exact) mass is 415 g/mol. The standard InChI is InChI=1S/C19H15BrFN3O2/c20-14-6-2-4-8-17(14)24-10-9-13(19(24)26)18(25)23-16(11-22)12-5-1-3-7-15(12)21/h1-8,13,16H,9-10H2,(H,23,25). The van der Waals surface area contributed by atoms with Gasteiger partial charge in [0.15, 0.2) is 0 Å². The average molecular weight is 416 g/mol. The van der Waals surface area contributed by atoms with Crippen LogP contribution in [-0.2, 0) is 9.59 Å². The van der Waals surface area contributed by atoms with Gasteiger partial charge >= 0.3 is 0 Å². The number of carbonyl (C=O) groups excluding carboxylic acids is 2. The lowest BCUT2D eigenvalue weighted by atomic mass is 10.0. The van der Waals surface area contributed by atoms with Crippen molar-refractivity contribution < 1.29 is 14.0 Å². The highest BCUT2D eigenvalue weighted by molar-refractivity contribution is 9.10. The quantitative estimate of drug-likeness (QED) is 0.778. The molecule has 1 saturated heterocycles. The van der Waals surface area contributed by atoms with Crippen LogP contribution in [0.2, 0.25) is 0 Å². The normalized spacial score (nSPS) is 17.7. The van der Waals surface area contributed by atoms with E-state index in [1.165, 1.54) is 18.2 Å². The van der Waals surface area contributed by atoms with Crippen molar-refractivity contribution in [3.63, 3.8) is 0 Å². The van der Waals surface area contributed by atoms with Crippen LogP contribution < -0.4 is 10.2 Å². The summed E-state index contributed by atoms with van der Waals surface area (Å²) in [5.74, 6) is -2.38. The maximum Gasteiger partial charge on any atom is 0.239 e. The third kappa shape index (κ3) is 3.46. The highest BCUT2D eigenvalue weighted by Crippen LogP contribution is 2.31. The van der Waals surface area contributed by atoms with Crippen LogP contribution in [0.5, 0.6) is 0 Å². The molecular formula is C19H15BrFN3O2. The predicted molar refractivity (Wildman–Crippen MR) is 97.5 cm³/mol. The van der Waals surface area contributed by atoms with E-state index in [9.17, 15) is 19.2 Å². The molecule has 0 saturated carbocycles. The molecule has 1 fully saturated rings. The number of anilines is 1. The Morgan fingerprint density at radius 3 is 2.65 bits per heavy atom. The van der Waals surface area contributed by atoms with Crippen LogP contribution >= 0.6 is 15.9 Å². The number of amides is 2.